The maximum atomic E-state index is 13.2. The van der Waals surface area contributed by atoms with E-state index in [0.29, 0.717) is 16.7 Å². The summed E-state index contributed by atoms with van der Waals surface area (Å²) in [4.78, 5) is 24.8. The third-order valence-electron chi connectivity index (χ3n) is 6.08. The SMILES string of the molecule is CC(=O)c1ccc(-n2c(C)cc(C=NNC(=O)C(O)(c3ccccc3)c3ccccc3)c2C)cc1. The van der Waals surface area contributed by atoms with E-state index in [0.717, 1.165) is 22.6 Å². The van der Waals surface area contributed by atoms with Crippen molar-refractivity contribution in [2.45, 2.75) is 26.4 Å². The van der Waals surface area contributed by atoms with E-state index in [4.69, 9.17) is 0 Å². The summed E-state index contributed by atoms with van der Waals surface area (Å²) in [6.45, 7) is 5.48. The summed E-state index contributed by atoms with van der Waals surface area (Å²) >= 11 is 0. The molecular weight excluding hydrogens is 438 g/mol. The molecule has 0 aliphatic carbocycles. The molecule has 176 valence electrons. The second-order valence-corrected chi connectivity index (χ2v) is 8.41. The number of aryl methyl sites for hydroxylation is 1. The van der Waals surface area contributed by atoms with E-state index >= 15 is 0 Å². The lowest BCUT2D eigenvalue weighted by Gasteiger charge is -2.27. The summed E-state index contributed by atoms with van der Waals surface area (Å²) < 4.78 is 2.05. The van der Waals surface area contributed by atoms with Crippen LogP contribution in [-0.2, 0) is 10.4 Å². The lowest BCUT2D eigenvalue weighted by molar-refractivity contribution is -0.136. The first-order chi connectivity index (χ1) is 16.8. The Morgan fingerprint density at radius 3 is 1.94 bits per heavy atom. The minimum absolute atomic E-state index is 0.0204. The smallest absolute Gasteiger partial charge is 0.281 e. The molecule has 0 aliphatic rings. The molecule has 2 N–H and O–H groups in total. The van der Waals surface area contributed by atoms with Crippen LogP contribution in [0.2, 0.25) is 0 Å². The number of aromatic nitrogens is 1. The van der Waals surface area contributed by atoms with Crippen molar-refractivity contribution in [3.05, 3.63) is 125 Å². The van der Waals surface area contributed by atoms with Crippen molar-refractivity contribution < 1.29 is 14.7 Å². The molecular formula is C29H27N3O3. The second kappa shape index (κ2) is 9.91. The van der Waals surface area contributed by atoms with Crippen LogP contribution in [0.1, 0.15) is 45.4 Å². The highest BCUT2D eigenvalue weighted by Gasteiger charge is 2.39. The average molecular weight is 466 g/mol. The fraction of sp³-hybridized carbons (Fsp3) is 0.138. The fourth-order valence-electron chi connectivity index (χ4n) is 4.19. The normalized spacial score (nSPS) is 11.5. The molecule has 6 nitrogen and oxygen atoms in total. The van der Waals surface area contributed by atoms with Crippen molar-refractivity contribution in [1.82, 2.24) is 9.99 Å². The Morgan fingerprint density at radius 1 is 0.886 bits per heavy atom. The average Bonchev–Trinajstić information content (AvgIpc) is 3.17. The van der Waals surface area contributed by atoms with Gasteiger partial charge in [0.15, 0.2) is 11.4 Å². The molecule has 0 atom stereocenters. The van der Waals surface area contributed by atoms with Gasteiger partial charge in [-0.15, -0.1) is 0 Å². The maximum absolute atomic E-state index is 13.2. The Balaban J connectivity index is 1.59. The van der Waals surface area contributed by atoms with Gasteiger partial charge in [-0.3, -0.25) is 9.59 Å². The minimum Gasteiger partial charge on any atom is -0.372 e. The summed E-state index contributed by atoms with van der Waals surface area (Å²) in [6, 6.07) is 27.0. The number of Topliss-reactive ketones (excluding diaryl/α,β-unsaturated/α-hetero) is 1. The number of hydrogen-bond acceptors (Lipinski definition) is 4. The first kappa shape index (κ1) is 23.9. The number of aliphatic hydroxyl groups is 1. The molecule has 6 heteroatoms. The molecule has 4 rings (SSSR count). The van der Waals surface area contributed by atoms with Gasteiger partial charge in [0.2, 0.25) is 0 Å². The highest BCUT2D eigenvalue weighted by molar-refractivity contribution is 5.94. The number of nitrogens with zero attached hydrogens (tertiary/aromatic N) is 2. The van der Waals surface area contributed by atoms with Crippen LogP contribution in [0.5, 0.6) is 0 Å². The van der Waals surface area contributed by atoms with E-state index in [9.17, 15) is 14.7 Å². The molecule has 0 aliphatic heterocycles. The van der Waals surface area contributed by atoms with Crippen molar-refractivity contribution in [2.24, 2.45) is 5.10 Å². The Morgan fingerprint density at radius 2 is 1.43 bits per heavy atom. The van der Waals surface area contributed by atoms with Crippen LogP contribution in [0.25, 0.3) is 5.69 Å². The van der Waals surface area contributed by atoms with Crippen molar-refractivity contribution >= 4 is 17.9 Å². The zero-order chi connectivity index (χ0) is 25.0. The zero-order valence-corrected chi connectivity index (χ0v) is 19.9. The second-order valence-electron chi connectivity index (χ2n) is 8.41. The van der Waals surface area contributed by atoms with E-state index in [1.807, 2.05) is 44.2 Å². The number of nitrogens with one attached hydrogen (secondary N) is 1. The number of hydrogen-bond donors (Lipinski definition) is 2. The van der Waals surface area contributed by atoms with E-state index in [1.165, 1.54) is 0 Å². The summed E-state index contributed by atoms with van der Waals surface area (Å²) in [7, 11) is 0. The quantitative estimate of drug-likeness (QED) is 0.236. The fourth-order valence-corrected chi connectivity index (χ4v) is 4.19. The summed E-state index contributed by atoms with van der Waals surface area (Å²) in [5, 5.41) is 15.7. The monoisotopic (exact) mass is 465 g/mol. The molecule has 0 spiro atoms. The van der Waals surface area contributed by atoms with Crippen molar-refractivity contribution in [3.8, 4) is 5.69 Å². The van der Waals surface area contributed by atoms with Gasteiger partial charge >= 0.3 is 0 Å². The number of benzene rings is 3. The van der Waals surface area contributed by atoms with Crippen LogP contribution in [-0.4, -0.2) is 27.6 Å². The zero-order valence-electron chi connectivity index (χ0n) is 19.9. The van der Waals surface area contributed by atoms with Gasteiger partial charge in [0.1, 0.15) is 0 Å². The Kier molecular flexibility index (Phi) is 6.75. The molecule has 4 aromatic rings. The van der Waals surface area contributed by atoms with E-state index in [2.05, 4.69) is 15.1 Å². The van der Waals surface area contributed by atoms with Crippen molar-refractivity contribution in [2.75, 3.05) is 0 Å². The van der Waals surface area contributed by atoms with Crippen molar-refractivity contribution in [1.29, 1.82) is 0 Å². The van der Waals surface area contributed by atoms with E-state index in [-0.39, 0.29) is 5.78 Å². The number of hydrazone groups is 1. The standard InChI is InChI=1S/C29H27N3O3/c1-20-18-24(21(2)32(20)27-16-14-23(15-17-27)22(3)33)19-30-31-28(34)29(35,25-10-6-4-7-11-25)26-12-8-5-9-13-26/h4-19,35H,1-3H3,(H,31,34). The third kappa shape index (κ3) is 4.69. The molecule has 1 aromatic heterocycles. The van der Waals surface area contributed by atoms with Crippen LogP contribution < -0.4 is 5.43 Å². The lowest BCUT2D eigenvalue weighted by atomic mass is 9.85. The number of carbonyl (C=O) groups excluding carboxylic acids is 2. The van der Waals surface area contributed by atoms with Crippen LogP contribution >= 0.6 is 0 Å². The minimum atomic E-state index is -1.89. The largest absolute Gasteiger partial charge is 0.372 e. The molecule has 0 saturated carbocycles. The highest BCUT2D eigenvalue weighted by Crippen LogP contribution is 2.30. The number of amides is 1. The van der Waals surface area contributed by atoms with Crippen LogP contribution in [0.4, 0.5) is 0 Å². The van der Waals surface area contributed by atoms with E-state index in [1.54, 1.807) is 73.8 Å². The first-order valence-corrected chi connectivity index (χ1v) is 11.3. The first-order valence-electron chi connectivity index (χ1n) is 11.3. The van der Waals surface area contributed by atoms with Crippen LogP contribution in [0.15, 0.2) is 96.1 Å². The molecule has 35 heavy (non-hydrogen) atoms. The van der Waals surface area contributed by atoms with E-state index < -0.39 is 11.5 Å². The Hall–Kier alpha value is -4.29. The maximum Gasteiger partial charge on any atom is 0.281 e. The number of carbonyl (C=O) groups is 2. The highest BCUT2D eigenvalue weighted by atomic mass is 16.3. The molecule has 1 heterocycles. The Bertz CT molecular complexity index is 1330. The molecule has 0 radical (unpaired) electrons. The topological polar surface area (TPSA) is 83.7 Å². The predicted octanol–water partition coefficient (Wildman–Crippen LogP) is 4.68. The molecule has 1 amide bonds. The predicted molar refractivity (Wildman–Crippen MR) is 137 cm³/mol. The van der Waals surface area contributed by atoms with Crippen molar-refractivity contribution in [3.63, 3.8) is 0 Å². The van der Waals surface area contributed by atoms with Gasteiger partial charge in [0.25, 0.3) is 5.91 Å². The van der Waals surface area contributed by atoms with Gasteiger partial charge in [0.05, 0.1) is 6.21 Å². The molecule has 0 unspecified atom stereocenters. The van der Waals surface area contributed by atoms with Crippen LogP contribution in [0, 0.1) is 13.8 Å². The van der Waals surface area contributed by atoms with Gasteiger partial charge < -0.3 is 9.67 Å². The van der Waals surface area contributed by atoms with Gasteiger partial charge in [-0.2, -0.15) is 5.10 Å². The Labute approximate surface area is 204 Å². The molecule has 0 fully saturated rings. The number of rotatable bonds is 7. The summed E-state index contributed by atoms with van der Waals surface area (Å²) in [6.07, 6.45) is 1.57. The van der Waals surface area contributed by atoms with Gasteiger partial charge in [0, 0.05) is 28.2 Å². The molecule has 3 aromatic carbocycles. The number of ketones is 1. The van der Waals surface area contributed by atoms with Gasteiger partial charge in [-0.25, -0.2) is 5.43 Å². The lowest BCUT2D eigenvalue weighted by Crippen LogP contribution is -2.43. The van der Waals surface area contributed by atoms with Gasteiger partial charge in [-0.05, 0) is 62.2 Å². The third-order valence-corrected chi connectivity index (χ3v) is 6.08. The van der Waals surface area contributed by atoms with Crippen LogP contribution in [0.3, 0.4) is 0 Å². The molecule has 0 saturated heterocycles. The van der Waals surface area contributed by atoms with Gasteiger partial charge in [-0.1, -0.05) is 60.7 Å². The summed E-state index contributed by atoms with van der Waals surface area (Å²) in [5.74, 6) is -0.633. The molecule has 0 bridgehead atoms. The summed E-state index contributed by atoms with van der Waals surface area (Å²) in [5.41, 5.74) is 5.84.